The van der Waals surface area contributed by atoms with Crippen LogP contribution in [0.25, 0.3) is 0 Å². The lowest BCUT2D eigenvalue weighted by Crippen LogP contribution is -2.39. The molecule has 0 spiro atoms. The fourth-order valence-corrected chi connectivity index (χ4v) is 1.12. The van der Waals surface area contributed by atoms with Crippen LogP contribution in [0.4, 0.5) is 0 Å². The molecule has 0 aliphatic carbocycles. The summed E-state index contributed by atoms with van der Waals surface area (Å²) in [5.74, 6) is -0.682. The molecule has 0 aliphatic rings. The number of aldehydes is 1. The van der Waals surface area contributed by atoms with Crippen molar-refractivity contribution in [3.63, 3.8) is 0 Å². The zero-order valence-electron chi connectivity index (χ0n) is 8.56. The second kappa shape index (κ2) is 5.06. The van der Waals surface area contributed by atoms with Gasteiger partial charge in [0.05, 0.1) is 6.61 Å². The fourth-order valence-electron chi connectivity index (χ4n) is 1.12. The van der Waals surface area contributed by atoms with Crippen molar-refractivity contribution in [3.8, 4) is 0 Å². The molecule has 7 nitrogen and oxygen atoms in total. The number of carbonyl (C=O) groups is 2. The van der Waals surface area contributed by atoms with E-state index >= 15 is 0 Å². The van der Waals surface area contributed by atoms with Crippen molar-refractivity contribution in [2.45, 2.75) is 13.5 Å². The molecule has 0 atom stereocenters. The van der Waals surface area contributed by atoms with Crippen LogP contribution in [-0.2, 0) is 16.1 Å². The lowest BCUT2D eigenvalue weighted by molar-refractivity contribution is -0.143. The number of nitrogens with zero attached hydrogens (tertiary/aromatic N) is 1. The molecule has 0 amide bonds. The van der Waals surface area contributed by atoms with E-state index in [2.05, 4.69) is 9.72 Å². The third-order valence-electron chi connectivity index (χ3n) is 1.82. The van der Waals surface area contributed by atoms with Crippen molar-refractivity contribution in [1.82, 2.24) is 9.55 Å². The highest BCUT2D eigenvalue weighted by Crippen LogP contribution is 1.90. The van der Waals surface area contributed by atoms with Crippen molar-refractivity contribution >= 4 is 12.3 Å². The summed E-state index contributed by atoms with van der Waals surface area (Å²) in [4.78, 5) is 46.2. The summed E-state index contributed by atoms with van der Waals surface area (Å²) in [6.07, 6.45) is 1.44. The van der Waals surface area contributed by atoms with Crippen molar-refractivity contribution in [3.05, 3.63) is 32.6 Å². The lowest BCUT2D eigenvalue weighted by Gasteiger charge is -2.06. The number of rotatable bonds is 4. The Balaban J connectivity index is 3.16. The van der Waals surface area contributed by atoms with Crippen LogP contribution in [0.15, 0.2) is 15.8 Å². The van der Waals surface area contributed by atoms with Crippen LogP contribution in [0.2, 0.25) is 0 Å². The van der Waals surface area contributed by atoms with Gasteiger partial charge >= 0.3 is 17.1 Å². The fraction of sp³-hybridized carbons (Fsp3) is 0.333. The van der Waals surface area contributed by atoms with Crippen LogP contribution in [0.3, 0.4) is 0 Å². The molecule has 0 radical (unpaired) electrons. The third kappa shape index (κ3) is 2.44. The summed E-state index contributed by atoms with van der Waals surface area (Å²) in [5, 5.41) is 0. The first-order valence-electron chi connectivity index (χ1n) is 4.53. The largest absolute Gasteiger partial charge is 0.465 e. The number of hydrogen-bond donors (Lipinski definition) is 1. The van der Waals surface area contributed by atoms with Gasteiger partial charge in [0.2, 0.25) is 0 Å². The zero-order valence-corrected chi connectivity index (χ0v) is 8.56. The van der Waals surface area contributed by atoms with Crippen molar-refractivity contribution in [1.29, 1.82) is 0 Å². The van der Waals surface area contributed by atoms with Crippen LogP contribution in [0.1, 0.15) is 17.4 Å². The number of H-pyrrole nitrogens is 1. The summed E-state index contributed by atoms with van der Waals surface area (Å²) in [6.45, 7) is 1.32. The molecule has 0 fully saturated rings. The molecule has 0 aromatic carbocycles. The maximum Gasteiger partial charge on any atom is 0.326 e. The van der Waals surface area contributed by atoms with Gasteiger partial charge in [-0.2, -0.15) is 0 Å². The van der Waals surface area contributed by atoms with E-state index in [0.717, 1.165) is 10.8 Å². The van der Waals surface area contributed by atoms with Gasteiger partial charge in [-0.05, 0) is 6.92 Å². The molecule has 0 unspecified atom stereocenters. The van der Waals surface area contributed by atoms with Crippen LogP contribution in [-0.4, -0.2) is 28.4 Å². The molecule has 0 aliphatic heterocycles. The first-order chi connectivity index (χ1) is 7.60. The number of hydrogen-bond acceptors (Lipinski definition) is 5. The van der Waals surface area contributed by atoms with E-state index in [1.165, 1.54) is 0 Å². The Morgan fingerprint density at radius 2 is 2.25 bits per heavy atom. The number of esters is 1. The second-order valence-electron chi connectivity index (χ2n) is 2.86. The van der Waals surface area contributed by atoms with E-state index in [1.54, 1.807) is 6.92 Å². The standard InChI is InChI=1S/C9H10N2O5/c1-2-16-7(13)4-11-6(5-12)3-10-8(14)9(11)15/h3,5H,2,4H2,1H3,(H,10,14). The highest BCUT2D eigenvalue weighted by molar-refractivity contribution is 5.74. The SMILES string of the molecule is CCOC(=O)Cn1c(C=O)c[nH]c(=O)c1=O. The van der Waals surface area contributed by atoms with Crippen molar-refractivity contribution in [2.75, 3.05) is 6.61 Å². The summed E-state index contributed by atoms with van der Waals surface area (Å²) in [5.41, 5.74) is -1.94. The summed E-state index contributed by atoms with van der Waals surface area (Å²) < 4.78 is 5.38. The molecule has 1 aromatic heterocycles. The monoisotopic (exact) mass is 226 g/mol. The molecular formula is C9H10N2O5. The predicted octanol–water partition coefficient (Wildman–Crippen LogP) is -1.09. The van der Waals surface area contributed by atoms with Gasteiger partial charge in [-0.3, -0.25) is 23.7 Å². The normalized spacial score (nSPS) is 9.81. The van der Waals surface area contributed by atoms with E-state index in [4.69, 9.17) is 0 Å². The molecule has 1 N–H and O–H groups in total. The molecule has 0 saturated heterocycles. The topological polar surface area (TPSA) is 98.2 Å². The minimum Gasteiger partial charge on any atom is -0.465 e. The van der Waals surface area contributed by atoms with E-state index < -0.39 is 23.6 Å². The van der Waals surface area contributed by atoms with E-state index in [9.17, 15) is 19.2 Å². The number of aromatic nitrogens is 2. The van der Waals surface area contributed by atoms with Crippen LogP contribution >= 0.6 is 0 Å². The Bertz CT molecular complexity index is 513. The van der Waals surface area contributed by atoms with Crippen LogP contribution in [0, 0.1) is 0 Å². The Labute approximate surface area is 89.7 Å². The molecule has 16 heavy (non-hydrogen) atoms. The smallest absolute Gasteiger partial charge is 0.326 e. The van der Waals surface area contributed by atoms with E-state index in [-0.39, 0.29) is 12.3 Å². The highest BCUT2D eigenvalue weighted by Gasteiger charge is 2.11. The van der Waals surface area contributed by atoms with Gasteiger partial charge in [0.15, 0.2) is 6.29 Å². The predicted molar refractivity (Wildman–Crippen MR) is 53.3 cm³/mol. The summed E-state index contributed by atoms with van der Waals surface area (Å²) in [7, 11) is 0. The quantitative estimate of drug-likeness (QED) is 0.399. The van der Waals surface area contributed by atoms with Gasteiger partial charge in [0.1, 0.15) is 12.2 Å². The van der Waals surface area contributed by atoms with Gasteiger partial charge in [0.25, 0.3) is 0 Å². The van der Waals surface area contributed by atoms with Gasteiger partial charge in [0, 0.05) is 6.20 Å². The molecule has 1 aromatic rings. The number of aromatic amines is 1. The molecular weight excluding hydrogens is 216 g/mol. The Hall–Kier alpha value is -2.18. The van der Waals surface area contributed by atoms with Crippen molar-refractivity contribution in [2.24, 2.45) is 0 Å². The lowest BCUT2D eigenvalue weighted by atomic mass is 10.4. The Morgan fingerprint density at radius 3 is 2.81 bits per heavy atom. The first kappa shape index (κ1) is 11.9. The average Bonchev–Trinajstić information content (AvgIpc) is 2.25. The van der Waals surface area contributed by atoms with Crippen LogP contribution < -0.4 is 11.1 Å². The third-order valence-corrected chi connectivity index (χ3v) is 1.82. The maximum atomic E-state index is 11.3. The molecule has 0 bridgehead atoms. The van der Waals surface area contributed by atoms with E-state index in [1.807, 2.05) is 0 Å². The first-order valence-corrected chi connectivity index (χ1v) is 4.53. The highest BCUT2D eigenvalue weighted by atomic mass is 16.5. The molecule has 1 rings (SSSR count). The van der Waals surface area contributed by atoms with E-state index in [0.29, 0.717) is 6.29 Å². The van der Waals surface area contributed by atoms with Gasteiger partial charge in [-0.25, -0.2) is 0 Å². The molecule has 86 valence electrons. The number of nitrogens with one attached hydrogen (secondary N) is 1. The maximum absolute atomic E-state index is 11.3. The van der Waals surface area contributed by atoms with Gasteiger partial charge in [-0.1, -0.05) is 0 Å². The molecule has 7 heteroatoms. The summed E-state index contributed by atoms with van der Waals surface area (Å²) >= 11 is 0. The van der Waals surface area contributed by atoms with Crippen molar-refractivity contribution < 1.29 is 14.3 Å². The zero-order chi connectivity index (χ0) is 12.1. The number of carbonyl (C=O) groups excluding carboxylic acids is 2. The minimum absolute atomic E-state index is 0.0855. The molecule has 0 saturated carbocycles. The second-order valence-corrected chi connectivity index (χ2v) is 2.86. The summed E-state index contributed by atoms with van der Waals surface area (Å²) in [6, 6.07) is 0. The van der Waals surface area contributed by atoms with Crippen LogP contribution in [0.5, 0.6) is 0 Å². The number of ether oxygens (including phenoxy) is 1. The van der Waals surface area contributed by atoms with Gasteiger partial charge < -0.3 is 9.72 Å². The molecule has 1 heterocycles. The van der Waals surface area contributed by atoms with Gasteiger partial charge in [-0.15, -0.1) is 0 Å². The Kier molecular flexibility index (Phi) is 3.76. The Morgan fingerprint density at radius 1 is 1.56 bits per heavy atom. The average molecular weight is 226 g/mol. The minimum atomic E-state index is -0.961.